The SMILES string of the molecule is CC1CCCC1OCC(O)CN1C(C)CCCC1C. The van der Waals surface area contributed by atoms with E-state index in [2.05, 4.69) is 25.7 Å². The van der Waals surface area contributed by atoms with Gasteiger partial charge >= 0.3 is 0 Å². The van der Waals surface area contributed by atoms with E-state index in [9.17, 15) is 5.11 Å². The van der Waals surface area contributed by atoms with Crippen LogP contribution in [0.5, 0.6) is 0 Å². The summed E-state index contributed by atoms with van der Waals surface area (Å²) in [6.07, 6.45) is 7.62. The Balaban J connectivity index is 1.72. The van der Waals surface area contributed by atoms with Crippen molar-refractivity contribution in [3.05, 3.63) is 0 Å². The molecule has 0 bridgehead atoms. The molecule has 0 aromatic rings. The van der Waals surface area contributed by atoms with Crippen molar-refractivity contribution in [2.24, 2.45) is 5.92 Å². The first-order valence-corrected chi connectivity index (χ1v) is 8.13. The van der Waals surface area contributed by atoms with Crippen molar-refractivity contribution in [3.8, 4) is 0 Å². The largest absolute Gasteiger partial charge is 0.389 e. The van der Waals surface area contributed by atoms with Gasteiger partial charge in [-0.15, -0.1) is 0 Å². The molecule has 0 aromatic carbocycles. The van der Waals surface area contributed by atoms with Crippen LogP contribution in [0, 0.1) is 5.92 Å². The molecule has 1 aliphatic heterocycles. The smallest absolute Gasteiger partial charge is 0.0900 e. The Morgan fingerprint density at radius 3 is 2.26 bits per heavy atom. The lowest BCUT2D eigenvalue weighted by Gasteiger charge is -2.40. The minimum Gasteiger partial charge on any atom is -0.389 e. The molecule has 0 spiro atoms. The van der Waals surface area contributed by atoms with Crippen molar-refractivity contribution in [3.63, 3.8) is 0 Å². The second kappa shape index (κ2) is 7.05. The molecule has 1 saturated heterocycles. The van der Waals surface area contributed by atoms with E-state index in [4.69, 9.17) is 4.74 Å². The van der Waals surface area contributed by atoms with Crippen molar-refractivity contribution in [2.45, 2.75) is 83.6 Å². The molecule has 2 rings (SSSR count). The number of piperidine rings is 1. The molecule has 5 atom stereocenters. The second-order valence-corrected chi connectivity index (χ2v) is 6.76. The highest BCUT2D eigenvalue weighted by Gasteiger charge is 2.28. The summed E-state index contributed by atoms with van der Waals surface area (Å²) in [6, 6.07) is 1.20. The van der Waals surface area contributed by atoms with Gasteiger partial charge in [0, 0.05) is 18.6 Å². The van der Waals surface area contributed by atoms with Gasteiger partial charge in [0.1, 0.15) is 0 Å². The number of nitrogens with zero attached hydrogens (tertiary/aromatic N) is 1. The summed E-state index contributed by atoms with van der Waals surface area (Å²) in [5, 5.41) is 10.2. The fourth-order valence-corrected chi connectivity index (χ4v) is 3.72. The van der Waals surface area contributed by atoms with Gasteiger partial charge in [0.2, 0.25) is 0 Å². The Bertz CT molecular complexity index is 261. The number of hydrogen-bond donors (Lipinski definition) is 1. The van der Waals surface area contributed by atoms with E-state index in [0.717, 1.165) is 6.54 Å². The van der Waals surface area contributed by atoms with Crippen molar-refractivity contribution in [2.75, 3.05) is 13.2 Å². The molecule has 1 heterocycles. The van der Waals surface area contributed by atoms with E-state index in [1.54, 1.807) is 0 Å². The van der Waals surface area contributed by atoms with Crippen LogP contribution in [0.15, 0.2) is 0 Å². The fraction of sp³-hybridized carbons (Fsp3) is 1.00. The van der Waals surface area contributed by atoms with E-state index in [0.29, 0.717) is 30.7 Å². The molecule has 1 aliphatic carbocycles. The number of ether oxygens (including phenoxy) is 1. The Morgan fingerprint density at radius 1 is 1.05 bits per heavy atom. The molecule has 2 fully saturated rings. The lowest BCUT2D eigenvalue weighted by atomic mass is 9.97. The fourth-order valence-electron chi connectivity index (χ4n) is 3.72. The molecule has 19 heavy (non-hydrogen) atoms. The van der Waals surface area contributed by atoms with Gasteiger partial charge in [-0.25, -0.2) is 0 Å². The molecule has 3 heteroatoms. The third-order valence-electron chi connectivity index (χ3n) is 5.08. The first-order chi connectivity index (χ1) is 9.08. The Kier molecular flexibility index (Phi) is 5.67. The minimum absolute atomic E-state index is 0.337. The van der Waals surface area contributed by atoms with Crippen molar-refractivity contribution in [1.82, 2.24) is 4.90 Å². The normalized spacial score (nSPS) is 38.5. The second-order valence-electron chi connectivity index (χ2n) is 6.76. The summed E-state index contributed by atoms with van der Waals surface area (Å²) in [5.41, 5.74) is 0. The van der Waals surface area contributed by atoms with Gasteiger partial charge in [-0.1, -0.05) is 19.8 Å². The zero-order valence-electron chi connectivity index (χ0n) is 12.8. The molecule has 1 N–H and O–H groups in total. The number of aliphatic hydroxyl groups excluding tert-OH is 1. The zero-order chi connectivity index (χ0) is 13.8. The van der Waals surface area contributed by atoms with Gasteiger partial charge in [0.15, 0.2) is 0 Å². The molecule has 2 aliphatic rings. The Hall–Kier alpha value is -0.120. The third-order valence-corrected chi connectivity index (χ3v) is 5.08. The van der Waals surface area contributed by atoms with Gasteiger partial charge in [0.05, 0.1) is 18.8 Å². The van der Waals surface area contributed by atoms with Crippen LogP contribution in [0.2, 0.25) is 0 Å². The van der Waals surface area contributed by atoms with Gasteiger partial charge in [-0.3, -0.25) is 4.90 Å². The molecule has 1 saturated carbocycles. The molecule has 0 aromatic heterocycles. The number of hydrogen-bond acceptors (Lipinski definition) is 3. The summed E-state index contributed by atoms with van der Waals surface area (Å²) in [4.78, 5) is 2.45. The van der Waals surface area contributed by atoms with Crippen LogP contribution in [-0.2, 0) is 4.74 Å². The summed E-state index contributed by atoms with van der Waals surface area (Å²) in [5.74, 6) is 0.667. The van der Waals surface area contributed by atoms with Gasteiger partial charge in [-0.05, 0) is 45.4 Å². The maximum atomic E-state index is 10.2. The monoisotopic (exact) mass is 269 g/mol. The molecular formula is C16H31NO2. The molecule has 0 amide bonds. The highest BCUT2D eigenvalue weighted by atomic mass is 16.5. The summed E-state index contributed by atoms with van der Waals surface area (Å²) in [7, 11) is 0. The van der Waals surface area contributed by atoms with Crippen LogP contribution in [0.25, 0.3) is 0 Å². The highest BCUT2D eigenvalue weighted by Crippen LogP contribution is 2.28. The van der Waals surface area contributed by atoms with E-state index < -0.39 is 0 Å². The van der Waals surface area contributed by atoms with Crippen molar-refractivity contribution >= 4 is 0 Å². The van der Waals surface area contributed by atoms with Gasteiger partial charge in [0.25, 0.3) is 0 Å². The van der Waals surface area contributed by atoms with Crippen LogP contribution in [0.3, 0.4) is 0 Å². The summed E-state index contributed by atoms with van der Waals surface area (Å²) >= 11 is 0. The average Bonchev–Trinajstić information content (AvgIpc) is 2.77. The van der Waals surface area contributed by atoms with Crippen LogP contribution >= 0.6 is 0 Å². The van der Waals surface area contributed by atoms with E-state index in [1.165, 1.54) is 38.5 Å². The summed E-state index contributed by atoms with van der Waals surface area (Å²) < 4.78 is 5.91. The quantitative estimate of drug-likeness (QED) is 0.833. The molecule has 3 nitrogen and oxygen atoms in total. The Labute approximate surface area is 118 Å². The van der Waals surface area contributed by atoms with Gasteiger partial charge in [-0.2, -0.15) is 0 Å². The van der Waals surface area contributed by atoms with Crippen molar-refractivity contribution in [1.29, 1.82) is 0 Å². The standard InChI is InChI=1S/C16H31NO2/c1-12-6-4-9-16(12)19-11-15(18)10-17-13(2)7-5-8-14(17)3/h12-16,18H,4-11H2,1-3H3. The van der Waals surface area contributed by atoms with Crippen LogP contribution in [0.1, 0.15) is 59.3 Å². The third kappa shape index (κ3) is 4.17. The number of rotatable bonds is 5. The molecule has 0 radical (unpaired) electrons. The summed E-state index contributed by atoms with van der Waals surface area (Å²) in [6.45, 7) is 8.10. The van der Waals surface area contributed by atoms with Crippen LogP contribution in [0.4, 0.5) is 0 Å². The van der Waals surface area contributed by atoms with Crippen LogP contribution in [-0.4, -0.2) is 47.4 Å². The van der Waals surface area contributed by atoms with Crippen molar-refractivity contribution < 1.29 is 9.84 Å². The highest BCUT2D eigenvalue weighted by molar-refractivity contribution is 4.82. The predicted octanol–water partition coefficient (Wildman–Crippen LogP) is 2.82. The van der Waals surface area contributed by atoms with Gasteiger partial charge < -0.3 is 9.84 Å². The first-order valence-electron chi connectivity index (χ1n) is 8.13. The maximum Gasteiger partial charge on any atom is 0.0900 e. The predicted molar refractivity (Wildman–Crippen MR) is 78.2 cm³/mol. The molecular weight excluding hydrogens is 238 g/mol. The number of β-amino-alcohol motifs (C(OH)–C–C–N with tert-alkyl or cyclic N) is 1. The average molecular weight is 269 g/mol. The number of likely N-dealkylation sites (tertiary alicyclic amines) is 1. The maximum absolute atomic E-state index is 10.2. The molecule has 112 valence electrons. The topological polar surface area (TPSA) is 32.7 Å². The molecule has 5 unspecified atom stereocenters. The van der Waals surface area contributed by atoms with E-state index in [-0.39, 0.29) is 6.10 Å². The van der Waals surface area contributed by atoms with E-state index in [1.807, 2.05) is 0 Å². The zero-order valence-corrected chi connectivity index (χ0v) is 12.8. The van der Waals surface area contributed by atoms with E-state index >= 15 is 0 Å². The first kappa shape index (κ1) is 15.3. The minimum atomic E-state index is -0.337. The number of aliphatic hydroxyl groups is 1. The lowest BCUT2D eigenvalue weighted by molar-refractivity contribution is -0.0439. The Morgan fingerprint density at radius 2 is 1.68 bits per heavy atom. The van der Waals surface area contributed by atoms with Crippen LogP contribution < -0.4 is 0 Å². The lowest BCUT2D eigenvalue weighted by Crippen LogP contribution is -2.48.